The van der Waals surface area contributed by atoms with Crippen LogP contribution in [0.15, 0.2) is 0 Å². The van der Waals surface area contributed by atoms with Gasteiger partial charge in [-0.3, -0.25) is 4.79 Å². The van der Waals surface area contributed by atoms with E-state index in [2.05, 4.69) is 4.74 Å². The molecular weight excluding hydrogens is 339 g/mol. The Hall–Kier alpha value is -1.55. The third kappa shape index (κ3) is 3.09. The fourth-order valence-corrected chi connectivity index (χ4v) is 2.21. The molecule has 1 aliphatic rings. The van der Waals surface area contributed by atoms with Crippen molar-refractivity contribution in [3.63, 3.8) is 0 Å². The Morgan fingerprint density at radius 2 is 1.52 bits per heavy atom. The summed E-state index contributed by atoms with van der Waals surface area (Å²) in [7, 11) is 0. The molecule has 23 heavy (non-hydrogen) atoms. The number of hydrogen-bond donors (Lipinski definition) is 0. The second-order valence-corrected chi connectivity index (χ2v) is 5.53. The molecule has 0 spiro atoms. The van der Waals surface area contributed by atoms with Gasteiger partial charge >= 0.3 is 24.1 Å². The smallest absolute Gasteiger partial charge is 0.432 e. The van der Waals surface area contributed by atoms with E-state index in [0.717, 1.165) is 0 Å². The number of hydrogen-bond acceptors (Lipinski definition) is 3. The van der Waals surface area contributed by atoms with Gasteiger partial charge in [0.2, 0.25) is 5.91 Å². The van der Waals surface area contributed by atoms with E-state index in [-0.39, 0.29) is 18.4 Å². The van der Waals surface area contributed by atoms with Gasteiger partial charge in [-0.15, -0.1) is 0 Å². The second-order valence-electron chi connectivity index (χ2n) is 5.53. The van der Waals surface area contributed by atoms with Crippen LogP contribution < -0.4 is 0 Å². The summed E-state index contributed by atoms with van der Waals surface area (Å²) in [6.07, 6.45) is -14.2. The topological polar surface area (TPSA) is 46.6 Å². The maximum absolute atomic E-state index is 13.9. The Morgan fingerprint density at radius 1 is 1.09 bits per heavy atom. The second kappa shape index (κ2) is 5.82. The molecule has 0 bridgehead atoms. The van der Waals surface area contributed by atoms with E-state index in [0.29, 0.717) is 0 Å². The number of cyclic esters (lactones) is 1. The van der Waals surface area contributed by atoms with Gasteiger partial charge in [0.05, 0.1) is 12.0 Å². The molecule has 1 heterocycles. The molecule has 0 aliphatic carbocycles. The van der Waals surface area contributed by atoms with Gasteiger partial charge in [-0.25, -0.2) is 14.1 Å². The van der Waals surface area contributed by atoms with E-state index in [1.165, 1.54) is 13.8 Å². The number of rotatable bonds is 3. The van der Waals surface area contributed by atoms with Gasteiger partial charge in [0, 0.05) is 0 Å². The van der Waals surface area contributed by atoms with Crippen molar-refractivity contribution in [3.8, 4) is 0 Å². The molecule has 1 aliphatic heterocycles. The van der Waals surface area contributed by atoms with Gasteiger partial charge < -0.3 is 4.74 Å². The van der Waals surface area contributed by atoms with Crippen molar-refractivity contribution in [2.24, 2.45) is 11.8 Å². The molecule has 0 saturated carbocycles. The van der Waals surface area contributed by atoms with Gasteiger partial charge in [0.15, 0.2) is 0 Å². The molecule has 0 unspecified atom stereocenters. The van der Waals surface area contributed by atoms with Crippen LogP contribution in [0, 0.1) is 11.8 Å². The van der Waals surface area contributed by atoms with Crippen LogP contribution in [0.2, 0.25) is 0 Å². The molecule has 0 N–H and O–H groups in total. The lowest BCUT2D eigenvalue weighted by atomic mass is 9.87. The fraction of sp³-hybridized carbons (Fsp3) is 0.833. The van der Waals surface area contributed by atoms with Crippen molar-refractivity contribution in [2.45, 2.75) is 44.8 Å². The average Bonchev–Trinajstić information content (AvgIpc) is 2.75. The zero-order valence-corrected chi connectivity index (χ0v) is 12.3. The number of nitrogens with zero attached hydrogens (tertiary/aromatic N) is 1. The van der Waals surface area contributed by atoms with Crippen molar-refractivity contribution >= 4 is 12.0 Å². The van der Waals surface area contributed by atoms with Crippen LogP contribution in [0.3, 0.4) is 0 Å². The number of halogens is 7. The Labute approximate surface area is 126 Å². The Morgan fingerprint density at radius 3 is 1.87 bits per heavy atom. The van der Waals surface area contributed by atoms with E-state index in [9.17, 15) is 40.3 Å². The molecule has 1 rings (SSSR count). The molecular formula is C12H14F7NO3. The van der Waals surface area contributed by atoms with E-state index in [1.807, 2.05) is 0 Å². The quantitative estimate of drug-likeness (QED) is 0.730. The highest BCUT2D eigenvalue weighted by Crippen LogP contribution is 2.51. The summed E-state index contributed by atoms with van der Waals surface area (Å²) < 4.78 is 94.4. The summed E-state index contributed by atoms with van der Waals surface area (Å²) in [6.45, 7) is 2.72. The number of ether oxygens (including phenoxy) is 1. The first kappa shape index (κ1) is 19.5. The Balaban J connectivity index is 3.27. The van der Waals surface area contributed by atoms with Crippen LogP contribution >= 0.6 is 0 Å². The van der Waals surface area contributed by atoms with Crippen LogP contribution in [0.1, 0.15) is 20.8 Å². The number of carbonyl (C=O) groups is 2. The maximum atomic E-state index is 13.9. The molecule has 4 nitrogen and oxygen atoms in total. The normalized spacial score (nSPS) is 21.6. The molecule has 0 aromatic carbocycles. The number of carbonyl (C=O) groups excluding carboxylic acids is 2. The van der Waals surface area contributed by atoms with Crippen molar-refractivity contribution in [1.82, 2.24) is 4.90 Å². The van der Waals surface area contributed by atoms with E-state index in [4.69, 9.17) is 0 Å². The predicted octanol–water partition coefficient (Wildman–Crippen LogP) is 3.46. The fourth-order valence-electron chi connectivity index (χ4n) is 2.21. The van der Waals surface area contributed by atoms with E-state index >= 15 is 0 Å². The van der Waals surface area contributed by atoms with Crippen LogP contribution in [0.5, 0.6) is 0 Å². The highest BCUT2D eigenvalue weighted by Gasteiger charge is 2.76. The van der Waals surface area contributed by atoms with Gasteiger partial charge in [0.1, 0.15) is 6.61 Å². The van der Waals surface area contributed by atoms with Gasteiger partial charge in [-0.05, 0) is 12.8 Å². The first-order valence-electron chi connectivity index (χ1n) is 6.48. The predicted molar refractivity (Wildman–Crippen MR) is 61.9 cm³/mol. The molecule has 2 atom stereocenters. The summed E-state index contributed by atoms with van der Waals surface area (Å²) in [6, 6.07) is -1.07. The number of alkyl halides is 7. The minimum atomic E-state index is -6.38. The van der Waals surface area contributed by atoms with Crippen LogP contribution in [-0.4, -0.2) is 47.6 Å². The third-order valence-electron chi connectivity index (χ3n) is 3.71. The Bertz CT molecular complexity index is 472. The lowest BCUT2D eigenvalue weighted by Crippen LogP contribution is -2.62. The zero-order chi connectivity index (χ0) is 18.4. The van der Waals surface area contributed by atoms with Crippen LogP contribution in [0.4, 0.5) is 35.5 Å². The summed E-state index contributed by atoms with van der Waals surface area (Å²) in [5.41, 5.74) is -5.78. The maximum Gasteiger partial charge on any atom is 0.432 e. The molecule has 1 saturated heterocycles. The molecule has 2 amide bonds. The SMILES string of the molecule is CC(C)[C@H]1COC(=O)N1C(=O)[C@H](C)C(F)(C(F)(F)F)C(F)(F)F. The minimum absolute atomic E-state index is 0.126. The molecule has 0 aromatic heterocycles. The summed E-state index contributed by atoms with van der Waals surface area (Å²) >= 11 is 0. The highest BCUT2D eigenvalue weighted by atomic mass is 19.4. The van der Waals surface area contributed by atoms with Crippen molar-refractivity contribution in [1.29, 1.82) is 0 Å². The summed E-state index contributed by atoms with van der Waals surface area (Å²) in [5.74, 6) is -5.62. The molecule has 0 aromatic rings. The summed E-state index contributed by atoms with van der Waals surface area (Å²) in [5, 5.41) is 0. The lowest BCUT2D eigenvalue weighted by molar-refractivity contribution is -0.353. The summed E-state index contributed by atoms with van der Waals surface area (Å²) in [4.78, 5) is 23.6. The number of amides is 2. The van der Waals surface area contributed by atoms with Gasteiger partial charge in [0.25, 0.3) is 0 Å². The highest BCUT2D eigenvalue weighted by molar-refractivity contribution is 5.95. The van der Waals surface area contributed by atoms with Crippen molar-refractivity contribution in [3.05, 3.63) is 0 Å². The van der Waals surface area contributed by atoms with E-state index < -0.39 is 47.9 Å². The van der Waals surface area contributed by atoms with Crippen LogP contribution in [0.25, 0.3) is 0 Å². The number of imide groups is 1. The van der Waals surface area contributed by atoms with E-state index in [1.54, 1.807) is 0 Å². The first-order valence-corrected chi connectivity index (χ1v) is 6.48. The first-order chi connectivity index (χ1) is 10.2. The van der Waals surface area contributed by atoms with Crippen molar-refractivity contribution < 1.29 is 45.1 Å². The molecule has 1 fully saturated rings. The van der Waals surface area contributed by atoms with Gasteiger partial charge in [-0.2, -0.15) is 26.3 Å². The largest absolute Gasteiger partial charge is 0.447 e. The molecule has 11 heteroatoms. The van der Waals surface area contributed by atoms with Gasteiger partial charge in [-0.1, -0.05) is 13.8 Å². The van der Waals surface area contributed by atoms with Crippen LogP contribution in [-0.2, 0) is 9.53 Å². The zero-order valence-electron chi connectivity index (χ0n) is 12.3. The molecule has 134 valence electrons. The molecule has 0 radical (unpaired) electrons. The monoisotopic (exact) mass is 353 g/mol. The average molecular weight is 353 g/mol. The Kier molecular flexibility index (Phi) is 4.94. The van der Waals surface area contributed by atoms with Crippen molar-refractivity contribution in [2.75, 3.05) is 6.61 Å². The standard InChI is InChI=1S/C12H14F7NO3/c1-5(2)7-4-23-9(22)20(7)8(21)6(3)10(13,11(14,15)16)12(17,18)19/h5-7H,4H2,1-3H3/t6-,7+/m0/s1. The third-order valence-corrected chi connectivity index (χ3v) is 3.71. The minimum Gasteiger partial charge on any atom is -0.447 e. The lowest BCUT2D eigenvalue weighted by Gasteiger charge is -2.36.